The molecule has 0 spiro atoms. The summed E-state index contributed by atoms with van der Waals surface area (Å²) in [6.07, 6.45) is 0. The van der Waals surface area contributed by atoms with E-state index < -0.39 is 0 Å². The Morgan fingerprint density at radius 2 is 1.54 bits per heavy atom. The molecule has 0 aliphatic rings. The molecule has 140 valence electrons. The van der Waals surface area contributed by atoms with Crippen LogP contribution in [0.1, 0.15) is 0 Å². The number of para-hydroxylation sites is 1. The molecule has 0 aliphatic carbocycles. The van der Waals surface area contributed by atoms with E-state index in [4.69, 9.17) is 9.15 Å². The fourth-order valence-electron chi connectivity index (χ4n) is 3.30. The van der Waals surface area contributed by atoms with E-state index in [-0.39, 0.29) is 5.63 Å². The largest absolute Gasteiger partial charge is 0.496 e. The van der Waals surface area contributed by atoms with Gasteiger partial charge in [-0.25, -0.2) is 4.79 Å². The molecule has 0 aliphatic heterocycles. The molecule has 0 saturated carbocycles. The molecule has 0 radical (unpaired) electrons. The third-order valence-corrected chi connectivity index (χ3v) is 4.85. The zero-order valence-electron chi connectivity index (χ0n) is 16.1. The highest BCUT2D eigenvalue weighted by atomic mass is 16.5. The van der Waals surface area contributed by atoms with Crippen LogP contribution >= 0.6 is 0 Å². The van der Waals surface area contributed by atoms with Crippen molar-refractivity contribution in [2.24, 2.45) is 0 Å². The molecule has 0 atom stereocenters. The third-order valence-electron chi connectivity index (χ3n) is 4.85. The molecular weight excluding hydrogens is 350 g/mol. The minimum absolute atomic E-state index is 0.375. The Bertz CT molecular complexity index is 1190. The average Bonchev–Trinajstić information content (AvgIpc) is 2.73. The van der Waals surface area contributed by atoms with Gasteiger partial charge in [0.05, 0.1) is 12.7 Å². The Balaban J connectivity index is 1.79. The Morgan fingerprint density at radius 3 is 2.25 bits per heavy atom. The van der Waals surface area contributed by atoms with E-state index in [0.717, 1.165) is 27.8 Å². The molecule has 4 nitrogen and oxygen atoms in total. The van der Waals surface area contributed by atoms with Crippen molar-refractivity contribution in [3.8, 4) is 28.0 Å². The summed E-state index contributed by atoms with van der Waals surface area (Å²) in [4.78, 5) is 14.6. The second-order valence-electron chi connectivity index (χ2n) is 6.84. The van der Waals surface area contributed by atoms with Crippen molar-refractivity contribution < 1.29 is 9.15 Å². The van der Waals surface area contributed by atoms with Gasteiger partial charge in [-0.05, 0) is 47.5 Å². The molecule has 28 heavy (non-hydrogen) atoms. The SMILES string of the molecule is COc1cc(-c2ccc(N(C)C)cc2)ccc1-c1cc2ccccc2oc1=O. The number of benzene rings is 3. The zero-order valence-corrected chi connectivity index (χ0v) is 16.1. The maximum Gasteiger partial charge on any atom is 0.344 e. The fourth-order valence-corrected chi connectivity index (χ4v) is 3.30. The number of fused-ring (bicyclic) bond motifs is 1. The van der Waals surface area contributed by atoms with Gasteiger partial charge in [0.2, 0.25) is 0 Å². The summed E-state index contributed by atoms with van der Waals surface area (Å²) in [6.45, 7) is 0. The molecule has 0 saturated heterocycles. The van der Waals surface area contributed by atoms with Crippen molar-refractivity contribution >= 4 is 16.7 Å². The fraction of sp³-hybridized carbons (Fsp3) is 0.125. The number of hydrogen-bond donors (Lipinski definition) is 0. The Labute approximate surface area is 163 Å². The number of anilines is 1. The molecular formula is C24H21NO3. The predicted octanol–water partition coefficient (Wildman–Crippen LogP) is 5.20. The number of nitrogens with zero attached hydrogens (tertiary/aromatic N) is 1. The van der Waals surface area contributed by atoms with E-state index in [1.807, 2.05) is 56.6 Å². The third kappa shape index (κ3) is 3.25. The Morgan fingerprint density at radius 1 is 0.821 bits per heavy atom. The monoisotopic (exact) mass is 371 g/mol. The molecule has 1 heterocycles. The molecule has 4 rings (SSSR count). The highest BCUT2D eigenvalue weighted by Gasteiger charge is 2.14. The summed E-state index contributed by atoms with van der Waals surface area (Å²) in [5.41, 5.74) is 4.66. The minimum atomic E-state index is -0.375. The Hall–Kier alpha value is -3.53. The summed E-state index contributed by atoms with van der Waals surface area (Å²) in [6, 6.07) is 23.5. The van der Waals surface area contributed by atoms with E-state index in [0.29, 0.717) is 16.9 Å². The summed E-state index contributed by atoms with van der Waals surface area (Å²) < 4.78 is 11.1. The van der Waals surface area contributed by atoms with Crippen molar-refractivity contribution in [3.63, 3.8) is 0 Å². The van der Waals surface area contributed by atoms with Gasteiger partial charge in [0.25, 0.3) is 0 Å². The van der Waals surface area contributed by atoms with Crippen LogP contribution in [0.3, 0.4) is 0 Å². The lowest BCUT2D eigenvalue weighted by Gasteiger charge is -2.14. The molecule has 0 amide bonds. The molecule has 0 N–H and O–H groups in total. The van der Waals surface area contributed by atoms with Crippen LogP contribution in [-0.2, 0) is 0 Å². The van der Waals surface area contributed by atoms with Crippen molar-refractivity contribution in [2.45, 2.75) is 0 Å². The second-order valence-corrected chi connectivity index (χ2v) is 6.84. The van der Waals surface area contributed by atoms with Crippen molar-refractivity contribution in [1.82, 2.24) is 0 Å². The first-order valence-electron chi connectivity index (χ1n) is 9.06. The van der Waals surface area contributed by atoms with Crippen LogP contribution < -0.4 is 15.3 Å². The van der Waals surface area contributed by atoms with Crippen molar-refractivity contribution in [3.05, 3.63) is 83.2 Å². The van der Waals surface area contributed by atoms with E-state index >= 15 is 0 Å². The molecule has 0 fully saturated rings. The Kier molecular flexibility index (Phi) is 4.62. The predicted molar refractivity (Wildman–Crippen MR) is 114 cm³/mol. The van der Waals surface area contributed by atoms with Gasteiger partial charge in [0, 0.05) is 30.7 Å². The standard InChI is InChI=1S/C24H21NO3/c1-25(2)19-11-8-16(9-12-19)17-10-13-20(23(15-17)27-3)21-14-18-6-4-5-7-22(18)28-24(21)26/h4-15H,1-3H3. The lowest BCUT2D eigenvalue weighted by Crippen LogP contribution is -2.07. The first kappa shape index (κ1) is 17.9. The lowest BCUT2D eigenvalue weighted by atomic mass is 9.99. The molecule has 3 aromatic carbocycles. The van der Waals surface area contributed by atoms with Crippen LogP contribution in [0.15, 0.2) is 82.0 Å². The smallest absolute Gasteiger partial charge is 0.344 e. The van der Waals surface area contributed by atoms with E-state index in [2.05, 4.69) is 29.2 Å². The normalized spacial score (nSPS) is 10.8. The maximum atomic E-state index is 12.5. The van der Waals surface area contributed by atoms with Crippen molar-refractivity contribution in [2.75, 3.05) is 26.1 Å². The van der Waals surface area contributed by atoms with Crippen LogP contribution in [0.4, 0.5) is 5.69 Å². The maximum absolute atomic E-state index is 12.5. The molecule has 4 heteroatoms. The quantitative estimate of drug-likeness (QED) is 0.462. The van der Waals surface area contributed by atoms with Crippen molar-refractivity contribution in [1.29, 1.82) is 0 Å². The van der Waals surface area contributed by atoms with Crippen LogP contribution in [-0.4, -0.2) is 21.2 Å². The minimum Gasteiger partial charge on any atom is -0.496 e. The first-order chi connectivity index (χ1) is 13.6. The van der Waals surface area contributed by atoms with Gasteiger partial charge in [-0.2, -0.15) is 0 Å². The number of methoxy groups -OCH3 is 1. The topological polar surface area (TPSA) is 42.7 Å². The lowest BCUT2D eigenvalue weighted by molar-refractivity contribution is 0.416. The van der Waals surface area contributed by atoms with Crippen LogP contribution in [0.5, 0.6) is 5.75 Å². The summed E-state index contributed by atoms with van der Waals surface area (Å²) in [5.74, 6) is 0.636. The summed E-state index contributed by atoms with van der Waals surface area (Å²) >= 11 is 0. The van der Waals surface area contributed by atoms with Gasteiger partial charge >= 0.3 is 5.63 Å². The number of rotatable bonds is 4. The van der Waals surface area contributed by atoms with E-state index in [1.165, 1.54) is 0 Å². The number of hydrogen-bond acceptors (Lipinski definition) is 4. The highest BCUT2D eigenvalue weighted by Crippen LogP contribution is 2.34. The van der Waals surface area contributed by atoms with Gasteiger partial charge in [0.15, 0.2) is 0 Å². The summed E-state index contributed by atoms with van der Waals surface area (Å²) in [7, 11) is 5.64. The van der Waals surface area contributed by atoms with Crippen LogP contribution in [0, 0.1) is 0 Å². The first-order valence-corrected chi connectivity index (χ1v) is 9.06. The van der Waals surface area contributed by atoms with E-state index in [9.17, 15) is 4.79 Å². The molecule has 1 aromatic heterocycles. The molecule has 0 bridgehead atoms. The van der Waals surface area contributed by atoms with Crippen LogP contribution in [0.25, 0.3) is 33.2 Å². The van der Waals surface area contributed by atoms with Crippen LogP contribution in [0.2, 0.25) is 0 Å². The van der Waals surface area contributed by atoms with E-state index in [1.54, 1.807) is 13.2 Å². The molecule has 4 aromatic rings. The van der Waals surface area contributed by atoms with Gasteiger partial charge in [-0.3, -0.25) is 0 Å². The highest BCUT2D eigenvalue weighted by molar-refractivity contribution is 5.84. The average molecular weight is 371 g/mol. The van der Waals surface area contributed by atoms with Gasteiger partial charge < -0.3 is 14.1 Å². The van der Waals surface area contributed by atoms with Gasteiger partial charge in [-0.1, -0.05) is 36.4 Å². The van der Waals surface area contributed by atoms with Gasteiger partial charge in [-0.15, -0.1) is 0 Å². The number of ether oxygens (including phenoxy) is 1. The summed E-state index contributed by atoms with van der Waals surface area (Å²) in [5, 5.41) is 0.877. The second kappa shape index (κ2) is 7.24. The molecule has 0 unspecified atom stereocenters. The zero-order chi connectivity index (χ0) is 19.7. The van der Waals surface area contributed by atoms with Gasteiger partial charge in [0.1, 0.15) is 11.3 Å².